The van der Waals surface area contributed by atoms with Gasteiger partial charge in [-0.2, -0.15) is 0 Å². The van der Waals surface area contributed by atoms with Crippen LogP contribution in [0.4, 0.5) is 0 Å². The summed E-state index contributed by atoms with van der Waals surface area (Å²) >= 11 is 0. The highest BCUT2D eigenvalue weighted by Gasteiger charge is 2.00. The maximum absolute atomic E-state index is 10.5. The van der Waals surface area contributed by atoms with E-state index >= 15 is 0 Å². The largest absolute Gasteiger partial charge is 0.494 e. The van der Waals surface area contributed by atoms with Gasteiger partial charge in [-0.15, -0.1) is 0 Å². The first kappa shape index (κ1) is 20.0. The Bertz CT molecular complexity index is 643. The smallest absolute Gasteiger partial charge is 0.304 e. The first-order valence-electron chi connectivity index (χ1n) is 9.42. The van der Waals surface area contributed by atoms with Gasteiger partial charge in [0.1, 0.15) is 5.75 Å². The van der Waals surface area contributed by atoms with Crippen LogP contribution in [-0.4, -0.2) is 24.2 Å². The maximum Gasteiger partial charge on any atom is 0.304 e. The Labute approximate surface area is 156 Å². The third kappa shape index (κ3) is 8.67. The number of aryl methyl sites for hydroxylation is 1. The number of ether oxygens (including phenoxy) is 1. The van der Waals surface area contributed by atoms with E-state index in [9.17, 15) is 4.79 Å². The summed E-state index contributed by atoms with van der Waals surface area (Å²) in [6.45, 7) is 1.87. The molecule has 0 saturated carbocycles. The topological polar surface area (TPSA) is 58.6 Å². The van der Waals surface area contributed by atoms with Crippen molar-refractivity contribution in [1.29, 1.82) is 0 Å². The molecule has 0 amide bonds. The van der Waals surface area contributed by atoms with Crippen LogP contribution in [0.1, 0.15) is 43.2 Å². The van der Waals surface area contributed by atoms with Crippen molar-refractivity contribution in [3.8, 4) is 5.75 Å². The lowest BCUT2D eigenvalue weighted by Crippen LogP contribution is -2.17. The molecule has 4 heteroatoms. The summed E-state index contributed by atoms with van der Waals surface area (Å²) in [6.07, 6.45) is 5.99. The zero-order valence-electron chi connectivity index (χ0n) is 15.3. The summed E-state index contributed by atoms with van der Waals surface area (Å²) in [5.74, 6) is 0.102. The maximum atomic E-state index is 10.5. The molecule has 2 aromatic carbocycles. The minimum absolute atomic E-state index is 0.139. The Kier molecular flexibility index (Phi) is 9.30. The lowest BCUT2D eigenvalue weighted by Gasteiger charge is -2.09. The number of carboxylic acid groups (broad SMARTS) is 1. The van der Waals surface area contributed by atoms with Crippen molar-refractivity contribution >= 4 is 5.97 Å². The SMILES string of the molecule is O=C(O)CCNCc1cccc(OCCCCCCc2ccccc2)c1. The van der Waals surface area contributed by atoms with E-state index in [4.69, 9.17) is 9.84 Å². The predicted octanol–water partition coefficient (Wildman–Crippen LogP) is 4.43. The second-order valence-electron chi connectivity index (χ2n) is 6.47. The third-order valence-electron chi connectivity index (χ3n) is 4.21. The Morgan fingerprint density at radius 1 is 0.923 bits per heavy atom. The van der Waals surface area contributed by atoms with Gasteiger partial charge in [0.25, 0.3) is 0 Å². The van der Waals surface area contributed by atoms with E-state index in [1.54, 1.807) is 0 Å². The molecule has 0 saturated heterocycles. The van der Waals surface area contributed by atoms with Gasteiger partial charge in [0.05, 0.1) is 13.0 Å². The van der Waals surface area contributed by atoms with Crippen LogP contribution < -0.4 is 10.1 Å². The fourth-order valence-electron chi connectivity index (χ4n) is 2.79. The van der Waals surface area contributed by atoms with Gasteiger partial charge >= 0.3 is 5.97 Å². The number of nitrogens with one attached hydrogen (secondary N) is 1. The van der Waals surface area contributed by atoms with Crippen molar-refractivity contribution in [2.75, 3.05) is 13.2 Å². The number of aliphatic carboxylic acids is 1. The second-order valence-corrected chi connectivity index (χ2v) is 6.47. The first-order chi connectivity index (χ1) is 12.7. The van der Waals surface area contributed by atoms with Gasteiger partial charge in [0, 0.05) is 13.1 Å². The summed E-state index contributed by atoms with van der Waals surface area (Å²) < 4.78 is 5.83. The van der Waals surface area contributed by atoms with Crippen LogP contribution in [0.25, 0.3) is 0 Å². The minimum atomic E-state index is -0.779. The van der Waals surface area contributed by atoms with Crippen LogP contribution in [0.3, 0.4) is 0 Å². The highest BCUT2D eigenvalue weighted by Crippen LogP contribution is 2.14. The van der Waals surface area contributed by atoms with Crippen molar-refractivity contribution in [3.05, 3.63) is 65.7 Å². The molecule has 0 heterocycles. The Hall–Kier alpha value is -2.33. The number of hydrogen-bond donors (Lipinski definition) is 2. The quantitative estimate of drug-likeness (QED) is 0.522. The van der Waals surface area contributed by atoms with Crippen LogP contribution in [0.15, 0.2) is 54.6 Å². The molecule has 2 rings (SSSR count). The second kappa shape index (κ2) is 12.1. The Morgan fingerprint density at radius 3 is 2.50 bits per heavy atom. The van der Waals surface area contributed by atoms with E-state index in [1.165, 1.54) is 24.8 Å². The lowest BCUT2D eigenvalue weighted by molar-refractivity contribution is -0.136. The molecule has 4 nitrogen and oxygen atoms in total. The summed E-state index contributed by atoms with van der Waals surface area (Å²) in [5, 5.41) is 11.8. The number of rotatable bonds is 13. The van der Waals surface area contributed by atoms with Gasteiger partial charge in [-0.1, -0.05) is 55.3 Å². The van der Waals surface area contributed by atoms with Crippen molar-refractivity contribution < 1.29 is 14.6 Å². The predicted molar refractivity (Wildman–Crippen MR) is 105 cm³/mol. The first-order valence-corrected chi connectivity index (χ1v) is 9.42. The van der Waals surface area contributed by atoms with E-state index < -0.39 is 5.97 Å². The number of carboxylic acids is 1. The van der Waals surface area contributed by atoms with E-state index in [2.05, 4.69) is 35.6 Å². The van der Waals surface area contributed by atoms with Crippen LogP contribution in [-0.2, 0) is 17.8 Å². The van der Waals surface area contributed by atoms with Crippen LogP contribution in [0, 0.1) is 0 Å². The molecule has 0 bridgehead atoms. The van der Waals surface area contributed by atoms with E-state index in [1.807, 2.05) is 24.3 Å². The highest BCUT2D eigenvalue weighted by atomic mass is 16.5. The fourth-order valence-corrected chi connectivity index (χ4v) is 2.79. The van der Waals surface area contributed by atoms with Gasteiger partial charge in [0.15, 0.2) is 0 Å². The number of carbonyl (C=O) groups is 1. The Morgan fingerprint density at radius 2 is 1.69 bits per heavy atom. The van der Waals surface area contributed by atoms with Crippen molar-refractivity contribution in [2.45, 2.75) is 45.1 Å². The highest BCUT2D eigenvalue weighted by molar-refractivity contribution is 5.66. The molecule has 2 N–H and O–H groups in total. The molecular formula is C22H29NO3. The summed E-state index contributed by atoms with van der Waals surface area (Å²) in [5.41, 5.74) is 2.52. The monoisotopic (exact) mass is 355 g/mol. The summed E-state index contributed by atoms with van der Waals surface area (Å²) in [4.78, 5) is 10.5. The zero-order chi connectivity index (χ0) is 18.5. The molecule has 0 aliphatic rings. The Balaban J connectivity index is 1.54. The normalized spacial score (nSPS) is 10.6. The van der Waals surface area contributed by atoms with Crippen LogP contribution in [0.5, 0.6) is 5.75 Å². The van der Waals surface area contributed by atoms with E-state index in [0.717, 1.165) is 30.8 Å². The average molecular weight is 355 g/mol. The molecule has 0 atom stereocenters. The van der Waals surface area contributed by atoms with Crippen molar-refractivity contribution in [3.63, 3.8) is 0 Å². The lowest BCUT2D eigenvalue weighted by atomic mass is 10.1. The molecule has 0 unspecified atom stereocenters. The van der Waals surface area contributed by atoms with Gasteiger partial charge in [-0.3, -0.25) is 4.79 Å². The molecule has 0 aliphatic carbocycles. The number of hydrogen-bond acceptors (Lipinski definition) is 3. The van der Waals surface area contributed by atoms with E-state index in [0.29, 0.717) is 13.1 Å². The molecule has 26 heavy (non-hydrogen) atoms. The number of unbranched alkanes of at least 4 members (excludes halogenated alkanes) is 3. The average Bonchev–Trinajstić information content (AvgIpc) is 2.65. The zero-order valence-corrected chi connectivity index (χ0v) is 15.3. The molecule has 0 fully saturated rings. The van der Waals surface area contributed by atoms with E-state index in [-0.39, 0.29) is 6.42 Å². The molecular weight excluding hydrogens is 326 g/mol. The van der Waals surface area contributed by atoms with Gasteiger partial charge in [-0.25, -0.2) is 0 Å². The van der Waals surface area contributed by atoms with Crippen molar-refractivity contribution in [1.82, 2.24) is 5.32 Å². The van der Waals surface area contributed by atoms with Gasteiger partial charge < -0.3 is 15.2 Å². The molecule has 0 aliphatic heterocycles. The minimum Gasteiger partial charge on any atom is -0.494 e. The van der Waals surface area contributed by atoms with Gasteiger partial charge in [-0.05, 0) is 42.5 Å². The van der Waals surface area contributed by atoms with Crippen LogP contribution >= 0.6 is 0 Å². The molecule has 2 aromatic rings. The van der Waals surface area contributed by atoms with Crippen LogP contribution in [0.2, 0.25) is 0 Å². The van der Waals surface area contributed by atoms with Gasteiger partial charge in [0.2, 0.25) is 0 Å². The number of benzene rings is 2. The fraction of sp³-hybridized carbons (Fsp3) is 0.409. The summed E-state index contributed by atoms with van der Waals surface area (Å²) in [6, 6.07) is 18.6. The molecule has 140 valence electrons. The third-order valence-corrected chi connectivity index (χ3v) is 4.21. The standard InChI is InChI=1S/C22H29NO3/c24-22(25)14-15-23-18-20-12-8-13-21(17-20)26-16-7-2-1-4-9-19-10-5-3-6-11-19/h3,5-6,8,10-13,17,23H,1-2,4,7,9,14-16,18H2,(H,24,25). The molecule has 0 radical (unpaired) electrons. The molecule has 0 spiro atoms. The summed E-state index contributed by atoms with van der Waals surface area (Å²) in [7, 11) is 0. The molecule has 0 aromatic heterocycles. The van der Waals surface area contributed by atoms with Crippen molar-refractivity contribution in [2.24, 2.45) is 0 Å².